The lowest BCUT2D eigenvalue weighted by Gasteiger charge is -2.12. The van der Waals surface area contributed by atoms with Gasteiger partial charge in [-0.1, -0.05) is 18.2 Å². The number of nitrogens with zero attached hydrogens (tertiary/aromatic N) is 1. The van der Waals surface area contributed by atoms with Crippen LogP contribution in [-0.2, 0) is 9.84 Å². The summed E-state index contributed by atoms with van der Waals surface area (Å²) in [4.78, 5) is 16.2. The molecule has 0 bridgehead atoms. The highest BCUT2D eigenvalue weighted by Crippen LogP contribution is 2.31. The van der Waals surface area contributed by atoms with Gasteiger partial charge in [-0.15, -0.1) is 0 Å². The zero-order chi connectivity index (χ0) is 21.0. The van der Waals surface area contributed by atoms with E-state index < -0.39 is 21.7 Å². The highest BCUT2D eigenvalue weighted by atomic mass is 32.2. The minimum atomic E-state index is -3.70. The fourth-order valence-electron chi connectivity index (χ4n) is 2.60. The van der Waals surface area contributed by atoms with Gasteiger partial charge < -0.3 is 10.5 Å². The van der Waals surface area contributed by atoms with Crippen LogP contribution in [0.5, 0.6) is 11.5 Å². The Morgan fingerprint density at radius 2 is 1.90 bits per heavy atom. The van der Waals surface area contributed by atoms with Crippen LogP contribution in [0.4, 0.5) is 0 Å². The monoisotopic (exact) mass is 410 g/mol. The van der Waals surface area contributed by atoms with E-state index in [0.29, 0.717) is 5.75 Å². The van der Waals surface area contributed by atoms with Gasteiger partial charge in [0, 0.05) is 23.6 Å². The van der Waals surface area contributed by atoms with Crippen LogP contribution in [0.25, 0.3) is 11.3 Å². The first-order chi connectivity index (χ1) is 13.7. The van der Waals surface area contributed by atoms with Crippen molar-refractivity contribution in [3.63, 3.8) is 0 Å². The molecule has 29 heavy (non-hydrogen) atoms. The molecule has 0 atom stereocenters. The number of hydrogen-bond acceptors (Lipinski definition) is 6. The summed E-state index contributed by atoms with van der Waals surface area (Å²) in [6.07, 6.45) is 2.70. The number of sulfone groups is 1. The number of guanidine groups is 1. The average Bonchev–Trinajstić information content (AvgIpc) is 2.68. The van der Waals surface area contributed by atoms with Crippen molar-refractivity contribution in [1.29, 1.82) is 5.41 Å². The van der Waals surface area contributed by atoms with Crippen molar-refractivity contribution in [3.8, 4) is 22.8 Å². The van der Waals surface area contributed by atoms with Gasteiger partial charge >= 0.3 is 0 Å². The number of benzene rings is 2. The van der Waals surface area contributed by atoms with E-state index in [-0.39, 0.29) is 16.2 Å². The standard InChI is InChI=1S/C20H18N4O4S/c1-29(26,27)18-12-14(19(25)24-20(21)22)8-9-17(18)28-15-6-4-5-13(11-15)16-7-2-3-10-23-16/h2-12H,1H3,(H4,21,22,24,25). The van der Waals surface area contributed by atoms with E-state index in [1.807, 2.05) is 24.3 Å². The van der Waals surface area contributed by atoms with Crippen molar-refractivity contribution in [1.82, 2.24) is 10.3 Å². The number of aromatic nitrogens is 1. The molecule has 0 spiro atoms. The number of amides is 1. The number of pyridine rings is 1. The zero-order valence-electron chi connectivity index (χ0n) is 15.4. The number of carbonyl (C=O) groups is 1. The van der Waals surface area contributed by atoms with Crippen LogP contribution in [0.2, 0.25) is 0 Å². The van der Waals surface area contributed by atoms with Gasteiger partial charge in [-0.25, -0.2) is 8.42 Å². The van der Waals surface area contributed by atoms with Crippen LogP contribution in [0.3, 0.4) is 0 Å². The number of nitrogens with two attached hydrogens (primary N) is 1. The average molecular weight is 410 g/mol. The lowest BCUT2D eigenvalue weighted by atomic mass is 10.1. The fraction of sp³-hybridized carbons (Fsp3) is 0.0500. The van der Waals surface area contributed by atoms with Gasteiger partial charge in [0.15, 0.2) is 15.8 Å². The largest absolute Gasteiger partial charge is 0.456 e. The molecular formula is C20H18N4O4S. The third-order valence-corrected chi connectivity index (χ3v) is 4.99. The van der Waals surface area contributed by atoms with Gasteiger partial charge in [-0.2, -0.15) is 0 Å². The molecule has 2 aromatic carbocycles. The molecule has 0 radical (unpaired) electrons. The molecule has 0 saturated carbocycles. The molecule has 0 aliphatic carbocycles. The lowest BCUT2D eigenvalue weighted by molar-refractivity contribution is 0.0976. The summed E-state index contributed by atoms with van der Waals surface area (Å²) >= 11 is 0. The summed E-state index contributed by atoms with van der Waals surface area (Å²) < 4.78 is 30.3. The SMILES string of the molecule is CS(=O)(=O)c1cc(C(=O)NC(=N)N)ccc1Oc1cccc(-c2ccccn2)c1. The second kappa shape index (κ2) is 8.11. The van der Waals surface area contributed by atoms with E-state index >= 15 is 0 Å². The van der Waals surface area contributed by atoms with E-state index in [4.69, 9.17) is 15.9 Å². The van der Waals surface area contributed by atoms with Crippen molar-refractivity contribution < 1.29 is 17.9 Å². The first kappa shape index (κ1) is 20.0. The predicted octanol–water partition coefficient (Wildman–Crippen LogP) is 2.57. The summed E-state index contributed by atoms with van der Waals surface area (Å²) in [5.74, 6) is -0.738. The topological polar surface area (TPSA) is 135 Å². The third-order valence-electron chi connectivity index (χ3n) is 3.88. The summed E-state index contributed by atoms with van der Waals surface area (Å²) in [6, 6.07) is 16.6. The van der Waals surface area contributed by atoms with E-state index in [0.717, 1.165) is 17.5 Å². The molecule has 0 aliphatic heterocycles. The normalized spacial score (nSPS) is 10.9. The van der Waals surface area contributed by atoms with Crippen molar-refractivity contribution in [2.75, 3.05) is 6.26 Å². The first-order valence-electron chi connectivity index (χ1n) is 8.43. The maximum atomic E-state index is 12.2. The summed E-state index contributed by atoms with van der Waals surface area (Å²) in [5, 5.41) is 9.24. The minimum Gasteiger partial charge on any atom is -0.456 e. The van der Waals surface area contributed by atoms with E-state index in [9.17, 15) is 13.2 Å². The van der Waals surface area contributed by atoms with E-state index in [1.54, 1.807) is 24.4 Å². The molecule has 1 amide bonds. The molecule has 148 valence electrons. The van der Waals surface area contributed by atoms with Crippen LogP contribution in [0.1, 0.15) is 10.4 Å². The molecule has 3 rings (SSSR count). The molecule has 0 saturated heterocycles. The Morgan fingerprint density at radius 1 is 1.10 bits per heavy atom. The van der Waals surface area contributed by atoms with Crippen molar-refractivity contribution in [3.05, 3.63) is 72.4 Å². The Morgan fingerprint density at radius 3 is 2.55 bits per heavy atom. The second-order valence-electron chi connectivity index (χ2n) is 6.15. The van der Waals surface area contributed by atoms with Crippen molar-refractivity contribution >= 4 is 21.7 Å². The summed E-state index contributed by atoms with van der Waals surface area (Å²) in [7, 11) is -3.70. The van der Waals surface area contributed by atoms with Gasteiger partial charge in [0.2, 0.25) is 0 Å². The number of nitrogens with one attached hydrogen (secondary N) is 2. The number of hydrogen-bond donors (Lipinski definition) is 3. The minimum absolute atomic E-state index is 0.0372. The van der Waals surface area contributed by atoms with Gasteiger partial charge in [0.25, 0.3) is 5.91 Å². The molecular weight excluding hydrogens is 392 g/mol. The van der Waals surface area contributed by atoms with E-state index in [2.05, 4.69) is 10.3 Å². The first-order valence-corrected chi connectivity index (χ1v) is 10.3. The Labute approximate surface area is 167 Å². The van der Waals surface area contributed by atoms with Gasteiger partial charge in [-0.3, -0.25) is 20.5 Å². The van der Waals surface area contributed by atoms with E-state index in [1.165, 1.54) is 18.2 Å². The van der Waals surface area contributed by atoms with Crippen LogP contribution in [0.15, 0.2) is 71.8 Å². The molecule has 9 heteroatoms. The quantitative estimate of drug-likeness (QED) is 0.437. The highest BCUT2D eigenvalue weighted by molar-refractivity contribution is 7.90. The third kappa shape index (κ3) is 4.96. The van der Waals surface area contributed by atoms with Gasteiger partial charge in [0.1, 0.15) is 16.4 Å². The zero-order valence-corrected chi connectivity index (χ0v) is 16.2. The highest BCUT2D eigenvalue weighted by Gasteiger charge is 2.19. The van der Waals surface area contributed by atoms with Crippen LogP contribution < -0.4 is 15.8 Å². The molecule has 8 nitrogen and oxygen atoms in total. The van der Waals surface area contributed by atoms with Gasteiger partial charge in [-0.05, 0) is 42.5 Å². The molecule has 3 aromatic rings. The van der Waals surface area contributed by atoms with Crippen LogP contribution >= 0.6 is 0 Å². The van der Waals surface area contributed by atoms with Crippen LogP contribution in [-0.4, -0.2) is 31.5 Å². The molecule has 0 aliphatic rings. The predicted molar refractivity (Wildman–Crippen MR) is 109 cm³/mol. The Hall–Kier alpha value is -3.72. The smallest absolute Gasteiger partial charge is 0.257 e. The fourth-order valence-corrected chi connectivity index (χ4v) is 3.41. The molecule has 0 unspecified atom stereocenters. The number of carbonyl (C=O) groups excluding carboxylic acids is 1. The maximum Gasteiger partial charge on any atom is 0.257 e. The Bertz CT molecular complexity index is 1180. The lowest BCUT2D eigenvalue weighted by Crippen LogP contribution is -2.35. The number of rotatable bonds is 5. The maximum absolute atomic E-state index is 12.2. The Kier molecular flexibility index (Phi) is 5.60. The molecule has 1 aromatic heterocycles. The Balaban J connectivity index is 1.97. The summed E-state index contributed by atoms with van der Waals surface area (Å²) in [6.45, 7) is 0. The molecule has 4 N–H and O–H groups in total. The van der Waals surface area contributed by atoms with Gasteiger partial charge in [0.05, 0.1) is 5.69 Å². The van der Waals surface area contributed by atoms with Crippen LogP contribution in [0, 0.1) is 5.41 Å². The summed E-state index contributed by atoms with van der Waals surface area (Å²) in [5.41, 5.74) is 6.74. The molecule has 0 fully saturated rings. The second-order valence-corrected chi connectivity index (χ2v) is 8.13. The molecule has 1 heterocycles. The van der Waals surface area contributed by atoms with Crippen molar-refractivity contribution in [2.45, 2.75) is 4.90 Å². The van der Waals surface area contributed by atoms with Crippen molar-refractivity contribution in [2.24, 2.45) is 5.73 Å². The number of ether oxygens (including phenoxy) is 1.